The molecule has 3 nitrogen and oxygen atoms in total. The van der Waals surface area contributed by atoms with Crippen LogP contribution in [0.2, 0.25) is 0 Å². The average molecular weight is 756 g/mol. The third-order valence-electron chi connectivity index (χ3n) is 10.4. The molecular formula is C49H34FGeN3. The van der Waals surface area contributed by atoms with Crippen molar-refractivity contribution < 1.29 is 4.39 Å². The van der Waals surface area contributed by atoms with Crippen molar-refractivity contribution in [3.05, 3.63) is 218 Å². The van der Waals surface area contributed by atoms with Gasteiger partial charge in [0.15, 0.2) is 0 Å². The van der Waals surface area contributed by atoms with Crippen LogP contribution < -0.4 is 22.5 Å². The molecule has 9 aromatic rings. The van der Waals surface area contributed by atoms with Gasteiger partial charge in [0.2, 0.25) is 0 Å². The molecule has 54 heavy (non-hydrogen) atoms. The number of rotatable bonds is 8. The standard InChI is InChI=1S/C49H34FGeN3/c50-37-22-28-42(29-23-37)53(45-32-33-49-47(34-45)46-18-10-11-19-48(46)54(49)44-26-20-36(35-52)21-27-44)43-30-24-41(25-31-43)51(38-12-4-1-5-13-38,39-14-6-2-7-15-39)40-16-8-3-9-17-40/h1-34H. The first kappa shape index (κ1) is 33.2. The van der Waals surface area contributed by atoms with E-state index in [1.165, 1.54) is 29.7 Å². The predicted molar refractivity (Wildman–Crippen MR) is 224 cm³/mol. The van der Waals surface area contributed by atoms with E-state index in [9.17, 15) is 9.65 Å². The van der Waals surface area contributed by atoms with E-state index in [1.807, 2.05) is 36.4 Å². The molecule has 0 atom stereocenters. The van der Waals surface area contributed by atoms with Crippen molar-refractivity contribution in [2.24, 2.45) is 0 Å². The topological polar surface area (TPSA) is 32.0 Å². The van der Waals surface area contributed by atoms with Crippen molar-refractivity contribution >= 4 is 69.7 Å². The molecule has 5 heteroatoms. The first-order valence-corrected chi connectivity index (χ1v) is 22.2. The van der Waals surface area contributed by atoms with Crippen LogP contribution in [0.5, 0.6) is 0 Å². The molecule has 0 bridgehead atoms. The van der Waals surface area contributed by atoms with Gasteiger partial charge in [0, 0.05) is 0 Å². The fourth-order valence-electron chi connectivity index (χ4n) is 8.03. The number of aromatic nitrogens is 1. The van der Waals surface area contributed by atoms with E-state index in [4.69, 9.17) is 0 Å². The number of benzene rings is 8. The molecule has 0 N–H and O–H groups in total. The quantitative estimate of drug-likeness (QED) is 0.145. The summed E-state index contributed by atoms with van der Waals surface area (Å²) in [6, 6.07) is 73.6. The number of nitriles is 1. The molecular weight excluding hydrogens is 722 g/mol. The van der Waals surface area contributed by atoms with Gasteiger partial charge in [-0.3, -0.25) is 0 Å². The van der Waals surface area contributed by atoms with E-state index in [-0.39, 0.29) is 5.82 Å². The summed E-state index contributed by atoms with van der Waals surface area (Å²) in [6.45, 7) is 0. The van der Waals surface area contributed by atoms with Crippen molar-refractivity contribution in [3.63, 3.8) is 0 Å². The fraction of sp³-hybridized carbons (Fsp3) is 0. The number of halogens is 1. The monoisotopic (exact) mass is 757 g/mol. The Morgan fingerprint density at radius 2 is 0.907 bits per heavy atom. The second-order valence-corrected chi connectivity index (χ2v) is 21.4. The molecule has 1 aromatic heterocycles. The second-order valence-electron chi connectivity index (χ2n) is 13.4. The Morgan fingerprint density at radius 1 is 0.444 bits per heavy atom. The minimum absolute atomic E-state index is 0.276. The number of hydrogen-bond donors (Lipinski definition) is 0. The van der Waals surface area contributed by atoms with Gasteiger partial charge in [0.05, 0.1) is 11.6 Å². The van der Waals surface area contributed by atoms with Crippen molar-refractivity contribution in [1.29, 1.82) is 5.26 Å². The summed E-state index contributed by atoms with van der Waals surface area (Å²) in [5.74, 6) is -0.276. The molecule has 0 saturated heterocycles. The third kappa shape index (κ3) is 5.67. The van der Waals surface area contributed by atoms with Crippen molar-refractivity contribution in [3.8, 4) is 11.8 Å². The van der Waals surface area contributed by atoms with E-state index in [2.05, 4.69) is 173 Å². The van der Waals surface area contributed by atoms with E-state index >= 15 is 0 Å². The Hall–Kier alpha value is -6.68. The van der Waals surface area contributed by atoms with Crippen LogP contribution >= 0.6 is 0 Å². The molecule has 256 valence electrons. The predicted octanol–water partition coefficient (Wildman–Crippen LogP) is 9.64. The molecule has 9 rings (SSSR count). The summed E-state index contributed by atoms with van der Waals surface area (Å²) in [7, 11) is 0. The molecule has 0 unspecified atom stereocenters. The summed E-state index contributed by atoms with van der Waals surface area (Å²) in [6.07, 6.45) is 0. The van der Waals surface area contributed by atoms with Crippen LogP contribution in [0.25, 0.3) is 27.5 Å². The minimum Gasteiger partial charge on any atom is -0.0423 e. The molecule has 0 radical (unpaired) electrons. The third-order valence-corrected chi connectivity index (χ3v) is 20.5. The van der Waals surface area contributed by atoms with Gasteiger partial charge >= 0.3 is 289 Å². The van der Waals surface area contributed by atoms with Crippen LogP contribution in [-0.4, -0.2) is 17.8 Å². The maximum atomic E-state index is 14.4. The van der Waals surface area contributed by atoms with E-state index in [1.54, 1.807) is 0 Å². The summed E-state index contributed by atoms with van der Waals surface area (Å²) >= 11 is -3.46. The number of anilines is 3. The van der Waals surface area contributed by atoms with Crippen molar-refractivity contribution in [2.45, 2.75) is 0 Å². The number of nitrogens with zero attached hydrogens (tertiary/aromatic N) is 3. The SMILES string of the molecule is N#Cc1ccc(-n2c3ccccc3c3cc(N(c4ccc(F)cc4)c4cc[c]([Ge]([c]5ccccc5)([c]5ccccc5)[c]5ccccc5)cc4)ccc32)cc1. The fourth-order valence-corrected chi connectivity index (χ4v) is 18.0. The molecule has 8 aromatic carbocycles. The van der Waals surface area contributed by atoms with Gasteiger partial charge in [0.25, 0.3) is 0 Å². The number of para-hydroxylation sites is 1. The van der Waals surface area contributed by atoms with E-state index < -0.39 is 13.3 Å². The first-order valence-electron chi connectivity index (χ1n) is 18.0. The van der Waals surface area contributed by atoms with Crippen LogP contribution in [0.15, 0.2) is 206 Å². The van der Waals surface area contributed by atoms with Gasteiger partial charge in [-0.05, 0) is 12.1 Å². The Balaban J connectivity index is 1.23. The molecule has 0 aliphatic rings. The van der Waals surface area contributed by atoms with Gasteiger partial charge in [0.1, 0.15) is 0 Å². The number of fused-ring (bicyclic) bond motifs is 3. The van der Waals surface area contributed by atoms with Gasteiger partial charge in [-0.1, -0.05) is 0 Å². The van der Waals surface area contributed by atoms with Gasteiger partial charge in [-0.25, -0.2) is 0 Å². The molecule has 0 aliphatic carbocycles. The zero-order chi connectivity index (χ0) is 36.5. The van der Waals surface area contributed by atoms with Crippen LogP contribution in [0, 0.1) is 17.1 Å². The van der Waals surface area contributed by atoms with E-state index in [0.29, 0.717) is 5.56 Å². The molecule has 0 spiro atoms. The maximum absolute atomic E-state index is 14.4. The zero-order valence-corrected chi connectivity index (χ0v) is 31.4. The van der Waals surface area contributed by atoms with Gasteiger partial charge in [-0.15, -0.1) is 0 Å². The Bertz CT molecular complexity index is 2660. The van der Waals surface area contributed by atoms with Gasteiger partial charge in [-0.2, -0.15) is 5.26 Å². The van der Waals surface area contributed by atoms with Crippen LogP contribution in [0.1, 0.15) is 5.56 Å². The second kappa shape index (κ2) is 14.0. The summed E-state index contributed by atoms with van der Waals surface area (Å²) < 4.78 is 22.0. The van der Waals surface area contributed by atoms with Crippen molar-refractivity contribution in [2.75, 3.05) is 4.90 Å². The normalized spacial score (nSPS) is 11.4. The Labute approximate surface area is 316 Å². The Kier molecular flexibility index (Phi) is 8.63. The average Bonchev–Trinajstić information content (AvgIpc) is 3.57. The minimum atomic E-state index is -3.46. The summed E-state index contributed by atoms with van der Waals surface area (Å²) in [5, 5.41) is 11.6. The summed E-state index contributed by atoms with van der Waals surface area (Å²) in [5.41, 5.74) is 6.56. The van der Waals surface area contributed by atoms with E-state index in [0.717, 1.165) is 44.6 Å². The van der Waals surface area contributed by atoms with Crippen LogP contribution in [0.4, 0.5) is 21.5 Å². The summed E-state index contributed by atoms with van der Waals surface area (Å²) in [4.78, 5) is 2.21. The smallest absolute Gasteiger partial charge is 0.0423 e. The molecule has 0 saturated carbocycles. The number of hydrogen-bond acceptors (Lipinski definition) is 2. The van der Waals surface area contributed by atoms with Crippen LogP contribution in [0.3, 0.4) is 0 Å². The van der Waals surface area contributed by atoms with Crippen molar-refractivity contribution in [1.82, 2.24) is 4.57 Å². The molecule has 1 heterocycles. The molecule has 0 fully saturated rings. The van der Waals surface area contributed by atoms with Crippen LogP contribution in [-0.2, 0) is 0 Å². The van der Waals surface area contributed by atoms with Gasteiger partial charge < -0.3 is 0 Å². The Morgan fingerprint density at radius 3 is 1.46 bits per heavy atom. The molecule has 0 amide bonds. The zero-order valence-electron chi connectivity index (χ0n) is 29.3. The molecule has 0 aliphatic heterocycles. The first-order chi connectivity index (χ1) is 26.6.